The summed E-state index contributed by atoms with van der Waals surface area (Å²) in [6.07, 6.45) is 3.77. The van der Waals surface area contributed by atoms with Gasteiger partial charge < -0.3 is 14.6 Å². The average molecular weight is 487 g/mol. The van der Waals surface area contributed by atoms with Crippen LogP contribution in [0.1, 0.15) is 21.1 Å². The number of amides is 1. The highest BCUT2D eigenvalue weighted by Crippen LogP contribution is 2.26. The number of thiophene rings is 1. The maximum absolute atomic E-state index is 14.1. The van der Waals surface area contributed by atoms with Crippen molar-refractivity contribution in [3.05, 3.63) is 88.5 Å². The molecule has 33 heavy (non-hydrogen) atoms. The van der Waals surface area contributed by atoms with Crippen molar-refractivity contribution in [2.24, 2.45) is 0 Å². The van der Waals surface area contributed by atoms with Crippen LogP contribution >= 0.6 is 11.3 Å². The first-order chi connectivity index (χ1) is 15.8. The lowest BCUT2D eigenvalue weighted by atomic mass is 10.2. The van der Waals surface area contributed by atoms with E-state index in [2.05, 4.69) is 15.3 Å². The van der Waals surface area contributed by atoms with Gasteiger partial charge in [-0.3, -0.25) is 4.79 Å². The smallest absolute Gasteiger partial charge is 0.276 e. The zero-order valence-corrected chi connectivity index (χ0v) is 19.1. The van der Waals surface area contributed by atoms with Gasteiger partial charge in [-0.05, 0) is 35.7 Å². The molecule has 4 aromatic rings. The minimum atomic E-state index is -3.79. The third-order valence-corrected chi connectivity index (χ3v) is 6.33. The molecule has 170 valence electrons. The number of benzene rings is 1. The molecule has 0 aliphatic carbocycles. The number of aromatic nitrogens is 2. The predicted octanol–water partition coefficient (Wildman–Crippen LogP) is 4.13. The van der Waals surface area contributed by atoms with E-state index in [1.807, 2.05) is 17.5 Å². The van der Waals surface area contributed by atoms with Gasteiger partial charge in [-0.25, -0.2) is 22.8 Å². The summed E-state index contributed by atoms with van der Waals surface area (Å²) in [6, 6.07) is 13.0. The van der Waals surface area contributed by atoms with Crippen LogP contribution in [-0.4, -0.2) is 30.5 Å². The summed E-state index contributed by atoms with van der Waals surface area (Å²) in [6.45, 7) is 0.659. The molecular formula is C22H19FN4O4S2. The lowest BCUT2D eigenvalue weighted by Gasteiger charge is -2.25. The number of halogens is 1. The Morgan fingerprint density at radius 1 is 1.15 bits per heavy atom. The van der Waals surface area contributed by atoms with Crippen molar-refractivity contribution in [1.82, 2.24) is 9.97 Å². The molecule has 0 saturated carbocycles. The number of rotatable bonds is 8. The van der Waals surface area contributed by atoms with Crippen LogP contribution in [0, 0.1) is 5.82 Å². The van der Waals surface area contributed by atoms with Gasteiger partial charge in [-0.1, -0.05) is 18.2 Å². The summed E-state index contributed by atoms with van der Waals surface area (Å²) in [5, 5.41) is 3.90. The van der Waals surface area contributed by atoms with Crippen LogP contribution in [0.15, 0.2) is 75.9 Å². The van der Waals surface area contributed by atoms with Crippen LogP contribution in [0.3, 0.4) is 0 Å². The van der Waals surface area contributed by atoms with Gasteiger partial charge in [-0.15, -0.1) is 11.3 Å². The molecule has 0 aliphatic heterocycles. The molecule has 0 radical (unpaired) electrons. The summed E-state index contributed by atoms with van der Waals surface area (Å²) in [7, 11) is -3.79. The Bertz CT molecular complexity index is 1320. The van der Waals surface area contributed by atoms with E-state index < -0.39 is 26.7 Å². The Kier molecular flexibility index (Phi) is 6.52. The Morgan fingerprint density at radius 2 is 1.97 bits per heavy atom. The molecule has 1 N–H and O–H groups in total. The summed E-state index contributed by atoms with van der Waals surface area (Å²) >= 11 is 1.53. The molecule has 4 rings (SSSR count). The molecule has 3 heterocycles. The highest BCUT2D eigenvalue weighted by Gasteiger charge is 2.25. The summed E-state index contributed by atoms with van der Waals surface area (Å²) in [5.74, 6) is -0.770. The second kappa shape index (κ2) is 9.51. The highest BCUT2D eigenvalue weighted by molar-refractivity contribution is 7.90. The quantitative estimate of drug-likeness (QED) is 0.373. The first kappa shape index (κ1) is 22.6. The minimum Gasteiger partial charge on any atom is -0.467 e. The average Bonchev–Trinajstić information content (AvgIpc) is 3.48. The maximum Gasteiger partial charge on any atom is 0.276 e. The van der Waals surface area contributed by atoms with Crippen molar-refractivity contribution in [2.75, 3.05) is 16.5 Å². The van der Waals surface area contributed by atoms with E-state index in [4.69, 9.17) is 4.42 Å². The molecule has 0 saturated heterocycles. The molecule has 0 fully saturated rings. The Balaban J connectivity index is 1.78. The number of nitrogens with one attached hydrogen (secondary N) is 1. The van der Waals surface area contributed by atoms with Gasteiger partial charge in [0, 0.05) is 11.1 Å². The van der Waals surface area contributed by atoms with Crippen LogP contribution < -0.4 is 10.2 Å². The zero-order chi connectivity index (χ0) is 23.4. The van der Waals surface area contributed by atoms with Crippen molar-refractivity contribution in [3.63, 3.8) is 0 Å². The van der Waals surface area contributed by atoms with Crippen molar-refractivity contribution in [2.45, 2.75) is 18.2 Å². The minimum absolute atomic E-state index is 0.0520. The van der Waals surface area contributed by atoms with Crippen LogP contribution in [0.2, 0.25) is 0 Å². The summed E-state index contributed by atoms with van der Waals surface area (Å²) in [4.78, 5) is 24.0. The fourth-order valence-electron chi connectivity index (χ4n) is 3.09. The van der Waals surface area contributed by atoms with Crippen LogP contribution in [0.4, 0.5) is 15.8 Å². The second-order valence-electron chi connectivity index (χ2n) is 7.11. The Hall–Kier alpha value is -3.57. The number of nitrogens with zero attached hydrogens (tertiary/aromatic N) is 3. The third kappa shape index (κ3) is 5.44. The molecule has 3 aromatic heterocycles. The standard InChI is InChI=1S/C22H19FN4O4S2/c1-33(29,30)22-24-12-19(20(26-22)21(28)25-18-9-3-2-8-17(18)23)27(13-15-6-4-10-31-15)14-16-7-5-11-32-16/h2-12H,13-14H2,1H3,(H,25,28). The van der Waals surface area contributed by atoms with E-state index in [1.54, 1.807) is 23.1 Å². The number of carbonyl (C=O) groups excluding carboxylic acids is 1. The van der Waals surface area contributed by atoms with Gasteiger partial charge in [-0.2, -0.15) is 0 Å². The van der Waals surface area contributed by atoms with Crippen molar-refractivity contribution < 1.29 is 22.0 Å². The van der Waals surface area contributed by atoms with Crippen molar-refractivity contribution in [3.8, 4) is 0 Å². The van der Waals surface area contributed by atoms with Gasteiger partial charge in [0.25, 0.3) is 5.91 Å². The largest absolute Gasteiger partial charge is 0.467 e. The van der Waals surface area contributed by atoms with Crippen molar-refractivity contribution in [1.29, 1.82) is 0 Å². The van der Waals surface area contributed by atoms with Crippen molar-refractivity contribution >= 4 is 38.5 Å². The lowest BCUT2D eigenvalue weighted by Crippen LogP contribution is -2.27. The lowest BCUT2D eigenvalue weighted by molar-refractivity contribution is 0.102. The molecule has 0 spiro atoms. The fraction of sp³-hybridized carbons (Fsp3) is 0.136. The van der Waals surface area contributed by atoms with E-state index in [-0.39, 0.29) is 23.6 Å². The first-order valence-corrected chi connectivity index (χ1v) is 12.5. The molecular weight excluding hydrogens is 467 g/mol. The number of sulfone groups is 1. The molecule has 8 nitrogen and oxygen atoms in total. The fourth-order valence-corrected chi connectivity index (χ4v) is 4.31. The molecule has 11 heteroatoms. The summed E-state index contributed by atoms with van der Waals surface area (Å²) < 4.78 is 43.7. The van der Waals surface area contributed by atoms with E-state index in [1.165, 1.54) is 42.0 Å². The third-order valence-electron chi connectivity index (χ3n) is 4.61. The van der Waals surface area contributed by atoms with E-state index in [0.29, 0.717) is 12.3 Å². The monoisotopic (exact) mass is 486 g/mol. The number of para-hydroxylation sites is 1. The topological polar surface area (TPSA) is 105 Å². The van der Waals surface area contributed by atoms with E-state index in [0.717, 1.165) is 11.1 Å². The van der Waals surface area contributed by atoms with Gasteiger partial charge in [0.1, 0.15) is 11.6 Å². The Labute approximate surface area is 193 Å². The number of hydrogen-bond donors (Lipinski definition) is 1. The van der Waals surface area contributed by atoms with Crippen LogP contribution in [0.5, 0.6) is 0 Å². The van der Waals surface area contributed by atoms with Crippen LogP contribution in [0.25, 0.3) is 0 Å². The van der Waals surface area contributed by atoms with Gasteiger partial charge in [0.15, 0.2) is 5.69 Å². The highest BCUT2D eigenvalue weighted by atomic mass is 32.2. The number of hydrogen-bond acceptors (Lipinski definition) is 8. The van der Waals surface area contributed by atoms with Gasteiger partial charge in [0.05, 0.1) is 36.9 Å². The molecule has 0 atom stereocenters. The number of carbonyl (C=O) groups is 1. The summed E-state index contributed by atoms with van der Waals surface area (Å²) in [5.41, 5.74) is 0.0293. The van der Waals surface area contributed by atoms with Crippen LogP contribution in [-0.2, 0) is 22.9 Å². The molecule has 1 amide bonds. The number of anilines is 2. The van der Waals surface area contributed by atoms with E-state index >= 15 is 0 Å². The molecule has 0 aliphatic rings. The van der Waals surface area contributed by atoms with Gasteiger partial charge >= 0.3 is 0 Å². The molecule has 1 aromatic carbocycles. The first-order valence-electron chi connectivity index (χ1n) is 9.74. The second-order valence-corrected chi connectivity index (χ2v) is 10.0. The van der Waals surface area contributed by atoms with E-state index in [9.17, 15) is 17.6 Å². The maximum atomic E-state index is 14.1. The normalized spacial score (nSPS) is 11.3. The van der Waals surface area contributed by atoms with Gasteiger partial charge in [0.2, 0.25) is 15.0 Å². The zero-order valence-electron chi connectivity index (χ0n) is 17.4. The number of furan rings is 1. The Morgan fingerprint density at radius 3 is 2.64 bits per heavy atom. The molecule has 0 bridgehead atoms. The predicted molar refractivity (Wildman–Crippen MR) is 122 cm³/mol. The molecule has 0 unspecified atom stereocenters. The SMILES string of the molecule is CS(=O)(=O)c1ncc(N(Cc2ccco2)Cc2cccs2)c(C(=O)Nc2ccccc2F)n1.